The van der Waals surface area contributed by atoms with Gasteiger partial charge in [-0.25, -0.2) is 0 Å². The van der Waals surface area contributed by atoms with Crippen LogP contribution in [0.3, 0.4) is 0 Å². The molecule has 100 valence electrons. The molecule has 18 heavy (non-hydrogen) atoms. The van der Waals surface area contributed by atoms with Gasteiger partial charge in [0.1, 0.15) is 12.3 Å². The van der Waals surface area contributed by atoms with Crippen LogP contribution in [0.2, 0.25) is 0 Å². The van der Waals surface area contributed by atoms with Crippen molar-refractivity contribution in [1.29, 1.82) is 0 Å². The van der Waals surface area contributed by atoms with Gasteiger partial charge in [0.05, 0.1) is 20.1 Å². The van der Waals surface area contributed by atoms with E-state index in [4.69, 9.17) is 4.74 Å². The van der Waals surface area contributed by atoms with Crippen LogP contribution in [0, 0.1) is 0 Å². The number of likely N-dealkylation sites (N-methyl/N-ethyl adjacent to an activating group) is 1. The zero-order valence-electron chi connectivity index (χ0n) is 11.1. The molecule has 0 aromatic heterocycles. The van der Waals surface area contributed by atoms with Crippen LogP contribution in [0.15, 0.2) is 24.3 Å². The van der Waals surface area contributed by atoms with Crippen LogP contribution in [-0.2, 0) is 6.42 Å². The number of piperidine rings is 1. The molecule has 2 aliphatic rings. The van der Waals surface area contributed by atoms with Crippen molar-refractivity contribution in [3.63, 3.8) is 0 Å². The molecule has 1 unspecified atom stereocenters. The van der Waals surface area contributed by atoms with Crippen molar-refractivity contribution in [2.75, 3.05) is 26.7 Å². The number of hydrogen-bond donors (Lipinski definition) is 0. The Balaban J connectivity index is 0.00000120. The van der Waals surface area contributed by atoms with Crippen LogP contribution in [-0.4, -0.2) is 37.3 Å². The number of rotatable bonds is 2. The highest BCUT2D eigenvalue weighted by Gasteiger charge is 2.32. The molecule has 1 aromatic rings. The Morgan fingerprint density at radius 2 is 1.89 bits per heavy atom. The molecule has 1 saturated heterocycles. The number of halogens is 1. The largest absolute Gasteiger partial charge is 1.00 e. The van der Waals surface area contributed by atoms with E-state index >= 15 is 0 Å². The lowest BCUT2D eigenvalue weighted by Gasteiger charge is -2.39. The number of ether oxygens (including phenoxy) is 1. The van der Waals surface area contributed by atoms with Gasteiger partial charge in [0.25, 0.3) is 0 Å². The summed E-state index contributed by atoms with van der Waals surface area (Å²) in [6.07, 6.45) is 5.69. The molecule has 0 saturated carbocycles. The summed E-state index contributed by atoms with van der Waals surface area (Å²) in [5.41, 5.74) is 1.39. The van der Waals surface area contributed by atoms with Crippen LogP contribution >= 0.6 is 0 Å². The van der Waals surface area contributed by atoms with E-state index in [-0.39, 0.29) is 12.4 Å². The fourth-order valence-electron chi connectivity index (χ4n) is 3.31. The predicted octanol–water partition coefficient (Wildman–Crippen LogP) is -0.375. The molecule has 3 rings (SSSR count). The highest BCUT2D eigenvalue weighted by molar-refractivity contribution is 5.37. The van der Waals surface area contributed by atoms with Crippen LogP contribution in [0.1, 0.15) is 24.8 Å². The average molecular weight is 268 g/mol. The second-order valence-corrected chi connectivity index (χ2v) is 5.86. The Morgan fingerprint density at radius 3 is 2.61 bits per heavy atom. The number of nitrogens with zero attached hydrogens (tertiary/aromatic N) is 1. The summed E-state index contributed by atoms with van der Waals surface area (Å²) in [6.45, 7) is 3.83. The number of para-hydroxylation sites is 1. The van der Waals surface area contributed by atoms with Gasteiger partial charge in [-0.05, 0) is 30.9 Å². The molecule has 2 heterocycles. The van der Waals surface area contributed by atoms with Gasteiger partial charge in [0, 0.05) is 6.42 Å². The molecule has 0 spiro atoms. The summed E-state index contributed by atoms with van der Waals surface area (Å²) >= 11 is 0. The number of hydrogen-bond acceptors (Lipinski definition) is 1. The van der Waals surface area contributed by atoms with Crippen molar-refractivity contribution < 1.29 is 21.6 Å². The summed E-state index contributed by atoms with van der Waals surface area (Å²) in [4.78, 5) is 0. The summed E-state index contributed by atoms with van der Waals surface area (Å²) < 4.78 is 7.27. The first-order valence-corrected chi connectivity index (χ1v) is 6.83. The number of fused-ring (bicyclic) bond motifs is 1. The molecule has 0 radical (unpaired) electrons. The zero-order chi connectivity index (χ0) is 11.7. The molecule has 3 heteroatoms. The standard InChI is InChI=1S/C15H22NO.ClH/c1-16(9-5-2-6-10-16)12-14-11-13-7-3-4-8-15(13)17-14;/h3-4,7-8,14H,2,5-6,9-12H2,1H3;1H/q+1;/p-1. The summed E-state index contributed by atoms with van der Waals surface area (Å²) in [6, 6.07) is 8.48. The van der Waals surface area contributed by atoms with Gasteiger partial charge in [-0.3, -0.25) is 0 Å². The molecule has 1 aromatic carbocycles. The SMILES string of the molecule is C[N+]1(CC2Cc3ccccc3O2)CCCCC1.[Cl-]. The third-order valence-electron chi connectivity index (χ3n) is 4.25. The van der Waals surface area contributed by atoms with Crippen LogP contribution in [0.4, 0.5) is 0 Å². The maximum absolute atomic E-state index is 6.06. The highest BCUT2D eigenvalue weighted by atomic mass is 35.5. The molecule has 0 N–H and O–H groups in total. The summed E-state index contributed by atoms with van der Waals surface area (Å²) in [7, 11) is 2.39. The molecule has 1 atom stereocenters. The highest BCUT2D eigenvalue weighted by Crippen LogP contribution is 2.30. The third kappa shape index (κ3) is 2.81. The molecule has 2 aliphatic heterocycles. The maximum atomic E-state index is 6.06. The number of quaternary nitrogens is 1. The Kier molecular flexibility index (Phi) is 4.18. The Bertz CT molecular complexity index is 376. The molecule has 0 amide bonds. The van der Waals surface area contributed by atoms with E-state index in [2.05, 4.69) is 31.3 Å². The van der Waals surface area contributed by atoms with Gasteiger partial charge in [-0.1, -0.05) is 18.2 Å². The van der Waals surface area contributed by atoms with Crippen molar-refractivity contribution in [2.24, 2.45) is 0 Å². The lowest BCUT2D eigenvalue weighted by molar-refractivity contribution is -0.916. The normalized spacial score (nSPS) is 24.8. The van der Waals surface area contributed by atoms with Crippen molar-refractivity contribution in [3.05, 3.63) is 29.8 Å². The first kappa shape index (κ1) is 13.7. The van der Waals surface area contributed by atoms with Crippen LogP contribution < -0.4 is 17.1 Å². The predicted molar refractivity (Wildman–Crippen MR) is 69.2 cm³/mol. The molecular formula is C15H22ClNO. The summed E-state index contributed by atoms with van der Waals surface area (Å²) in [5.74, 6) is 1.11. The van der Waals surface area contributed by atoms with Gasteiger partial charge in [0.15, 0.2) is 6.10 Å². The van der Waals surface area contributed by atoms with Crippen molar-refractivity contribution in [3.8, 4) is 5.75 Å². The molecule has 2 nitrogen and oxygen atoms in total. The minimum Gasteiger partial charge on any atom is -1.00 e. The first-order chi connectivity index (χ1) is 8.25. The maximum Gasteiger partial charge on any atom is 0.151 e. The number of benzene rings is 1. The Morgan fingerprint density at radius 1 is 1.17 bits per heavy atom. The smallest absolute Gasteiger partial charge is 0.151 e. The van der Waals surface area contributed by atoms with Crippen LogP contribution in [0.5, 0.6) is 5.75 Å². The van der Waals surface area contributed by atoms with Gasteiger partial charge in [-0.2, -0.15) is 0 Å². The van der Waals surface area contributed by atoms with E-state index < -0.39 is 0 Å². The van der Waals surface area contributed by atoms with Crippen molar-refractivity contribution in [2.45, 2.75) is 31.8 Å². The minimum absolute atomic E-state index is 0. The van der Waals surface area contributed by atoms with Gasteiger partial charge < -0.3 is 21.6 Å². The molecule has 0 aliphatic carbocycles. The van der Waals surface area contributed by atoms with E-state index in [1.54, 1.807) is 0 Å². The summed E-state index contributed by atoms with van der Waals surface area (Å²) in [5, 5.41) is 0. The van der Waals surface area contributed by atoms with Gasteiger partial charge in [0.2, 0.25) is 0 Å². The van der Waals surface area contributed by atoms with E-state index in [1.807, 2.05) is 0 Å². The third-order valence-corrected chi connectivity index (χ3v) is 4.25. The van der Waals surface area contributed by atoms with Crippen LogP contribution in [0.25, 0.3) is 0 Å². The second-order valence-electron chi connectivity index (χ2n) is 5.86. The van der Waals surface area contributed by atoms with E-state index in [0.717, 1.165) is 12.2 Å². The van der Waals surface area contributed by atoms with E-state index in [1.165, 1.54) is 48.9 Å². The van der Waals surface area contributed by atoms with Crippen molar-refractivity contribution >= 4 is 0 Å². The molecule has 0 bridgehead atoms. The Hall–Kier alpha value is -0.730. The lowest BCUT2D eigenvalue weighted by atomic mass is 10.1. The molecule has 1 fully saturated rings. The first-order valence-electron chi connectivity index (χ1n) is 6.83. The topological polar surface area (TPSA) is 9.23 Å². The van der Waals surface area contributed by atoms with Gasteiger partial charge in [-0.15, -0.1) is 0 Å². The minimum atomic E-state index is 0. The molecular weight excluding hydrogens is 246 g/mol. The zero-order valence-corrected chi connectivity index (χ0v) is 11.8. The van der Waals surface area contributed by atoms with Gasteiger partial charge >= 0.3 is 0 Å². The van der Waals surface area contributed by atoms with Crippen molar-refractivity contribution in [1.82, 2.24) is 0 Å². The fourth-order valence-corrected chi connectivity index (χ4v) is 3.31. The Labute approximate surface area is 116 Å². The van der Waals surface area contributed by atoms with E-state index in [0.29, 0.717) is 6.10 Å². The number of likely N-dealkylation sites (tertiary alicyclic amines) is 1. The monoisotopic (exact) mass is 267 g/mol. The van der Waals surface area contributed by atoms with E-state index in [9.17, 15) is 0 Å². The fraction of sp³-hybridized carbons (Fsp3) is 0.600. The second kappa shape index (κ2) is 5.50. The lowest BCUT2D eigenvalue weighted by Crippen LogP contribution is -3.00. The quantitative estimate of drug-likeness (QED) is 0.664. The average Bonchev–Trinajstić information content (AvgIpc) is 2.71.